The average molecular weight is 475 g/mol. The minimum atomic E-state index is -0.156. The van der Waals surface area contributed by atoms with E-state index >= 15 is 0 Å². The van der Waals surface area contributed by atoms with Crippen molar-refractivity contribution in [1.29, 1.82) is 0 Å². The molecule has 1 aliphatic rings. The highest BCUT2D eigenvalue weighted by Crippen LogP contribution is 2.28. The standard InChI is InChI=1S/C25H31ClN2O5/c1-16-11-20(12-17(2)24(16)26)33-15-23(29)28-9-7-18(8-10-28)14-27-25(30)19-5-6-21(31-3)22(13-19)32-4/h5-6,11-13,18H,7-10,14-15H2,1-4H3,(H,27,30). The molecule has 178 valence electrons. The van der Waals surface area contributed by atoms with E-state index < -0.39 is 0 Å². The number of carbonyl (C=O) groups excluding carboxylic acids is 2. The van der Waals surface area contributed by atoms with Crippen LogP contribution in [0.1, 0.15) is 34.3 Å². The predicted octanol–water partition coefficient (Wildman–Crippen LogP) is 4.02. The van der Waals surface area contributed by atoms with Crippen LogP contribution in [0.5, 0.6) is 17.2 Å². The van der Waals surface area contributed by atoms with E-state index in [1.54, 1.807) is 25.3 Å². The van der Waals surface area contributed by atoms with E-state index in [0.29, 0.717) is 53.4 Å². The second kappa shape index (κ2) is 11.3. The SMILES string of the molecule is COc1ccc(C(=O)NCC2CCN(C(=O)COc3cc(C)c(Cl)c(C)c3)CC2)cc1OC. The van der Waals surface area contributed by atoms with E-state index in [0.717, 1.165) is 24.0 Å². The number of methoxy groups -OCH3 is 2. The number of likely N-dealkylation sites (tertiary alicyclic amines) is 1. The monoisotopic (exact) mass is 474 g/mol. The van der Waals surface area contributed by atoms with E-state index in [-0.39, 0.29) is 18.4 Å². The maximum absolute atomic E-state index is 12.6. The van der Waals surface area contributed by atoms with Crippen molar-refractivity contribution >= 4 is 23.4 Å². The lowest BCUT2D eigenvalue weighted by Gasteiger charge is -2.32. The van der Waals surface area contributed by atoms with Crippen LogP contribution < -0.4 is 19.5 Å². The minimum Gasteiger partial charge on any atom is -0.493 e. The molecule has 0 aromatic heterocycles. The summed E-state index contributed by atoms with van der Waals surface area (Å²) in [5.74, 6) is 1.88. The fourth-order valence-corrected chi connectivity index (χ4v) is 4.04. The van der Waals surface area contributed by atoms with Gasteiger partial charge in [-0.3, -0.25) is 9.59 Å². The average Bonchev–Trinajstić information content (AvgIpc) is 2.84. The van der Waals surface area contributed by atoms with E-state index in [4.69, 9.17) is 25.8 Å². The lowest BCUT2D eigenvalue weighted by molar-refractivity contribution is -0.134. The summed E-state index contributed by atoms with van der Waals surface area (Å²) in [4.78, 5) is 26.9. The molecule has 0 unspecified atom stereocenters. The smallest absolute Gasteiger partial charge is 0.260 e. The van der Waals surface area contributed by atoms with Crippen LogP contribution >= 0.6 is 11.6 Å². The molecule has 7 nitrogen and oxygen atoms in total. The van der Waals surface area contributed by atoms with Gasteiger partial charge >= 0.3 is 0 Å². The molecule has 2 amide bonds. The number of aryl methyl sites for hydroxylation is 2. The first-order valence-electron chi connectivity index (χ1n) is 11.0. The number of rotatable bonds is 8. The van der Waals surface area contributed by atoms with E-state index in [1.165, 1.54) is 7.11 Å². The van der Waals surface area contributed by atoms with Crippen molar-refractivity contribution in [2.45, 2.75) is 26.7 Å². The van der Waals surface area contributed by atoms with Gasteiger partial charge in [-0.25, -0.2) is 0 Å². The first kappa shape index (κ1) is 24.7. The van der Waals surface area contributed by atoms with Crippen molar-refractivity contribution in [3.8, 4) is 17.2 Å². The third-order valence-electron chi connectivity index (χ3n) is 5.94. The highest BCUT2D eigenvalue weighted by molar-refractivity contribution is 6.32. The van der Waals surface area contributed by atoms with Gasteiger partial charge in [0.1, 0.15) is 5.75 Å². The second-order valence-electron chi connectivity index (χ2n) is 8.26. The van der Waals surface area contributed by atoms with Gasteiger partial charge in [-0.15, -0.1) is 0 Å². The first-order valence-corrected chi connectivity index (χ1v) is 11.4. The van der Waals surface area contributed by atoms with Crippen LogP contribution in [0.15, 0.2) is 30.3 Å². The predicted molar refractivity (Wildman–Crippen MR) is 128 cm³/mol. The molecular weight excluding hydrogens is 444 g/mol. The number of amides is 2. The summed E-state index contributed by atoms with van der Waals surface area (Å²) in [5, 5.41) is 3.71. The lowest BCUT2D eigenvalue weighted by Crippen LogP contribution is -2.43. The van der Waals surface area contributed by atoms with Crippen LogP contribution in [-0.4, -0.2) is 57.2 Å². The van der Waals surface area contributed by atoms with Crippen LogP contribution in [-0.2, 0) is 4.79 Å². The Labute approximate surface area is 200 Å². The number of hydrogen-bond donors (Lipinski definition) is 1. The quantitative estimate of drug-likeness (QED) is 0.625. The summed E-state index contributed by atoms with van der Waals surface area (Å²) in [6.07, 6.45) is 1.66. The largest absolute Gasteiger partial charge is 0.493 e. The number of nitrogens with zero attached hydrogens (tertiary/aromatic N) is 1. The Bertz CT molecular complexity index is 979. The molecule has 8 heteroatoms. The summed E-state index contributed by atoms with van der Waals surface area (Å²) in [6, 6.07) is 8.78. The third-order valence-corrected chi connectivity index (χ3v) is 6.53. The molecule has 3 rings (SSSR count). The molecule has 1 saturated heterocycles. The third kappa shape index (κ3) is 6.32. The molecule has 0 radical (unpaired) electrons. The van der Waals surface area contributed by atoms with Crippen molar-refractivity contribution in [1.82, 2.24) is 10.2 Å². The van der Waals surface area contributed by atoms with Crippen molar-refractivity contribution in [3.63, 3.8) is 0 Å². The molecule has 2 aromatic carbocycles. The van der Waals surface area contributed by atoms with Gasteiger partial charge in [0.2, 0.25) is 0 Å². The molecule has 0 saturated carbocycles. The summed E-state index contributed by atoms with van der Waals surface area (Å²) in [5.41, 5.74) is 2.37. The number of piperidine rings is 1. The molecule has 0 spiro atoms. The number of hydrogen-bond acceptors (Lipinski definition) is 5. The van der Waals surface area contributed by atoms with E-state index in [1.807, 2.05) is 30.9 Å². The Morgan fingerprint density at radius 1 is 1.03 bits per heavy atom. The fraction of sp³-hybridized carbons (Fsp3) is 0.440. The lowest BCUT2D eigenvalue weighted by atomic mass is 9.96. The number of carbonyl (C=O) groups is 2. The Balaban J connectivity index is 1.43. The second-order valence-corrected chi connectivity index (χ2v) is 8.64. The van der Waals surface area contributed by atoms with Gasteiger partial charge in [-0.2, -0.15) is 0 Å². The fourth-order valence-electron chi connectivity index (χ4n) is 3.93. The van der Waals surface area contributed by atoms with Crippen molar-refractivity contribution in [2.75, 3.05) is 40.5 Å². The van der Waals surface area contributed by atoms with Crippen molar-refractivity contribution in [2.24, 2.45) is 5.92 Å². The van der Waals surface area contributed by atoms with Gasteiger partial charge in [0.25, 0.3) is 11.8 Å². The zero-order valence-electron chi connectivity index (χ0n) is 19.6. The Morgan fingerprint density at radius 3 is 2.27 bits per heavy atom. The highest BCUT2D eigenvalue weighted by Gasteiger charge is 2.24. The topological polar surface area (TPSA) is 77.1 Å². The summed E-state index contributed by atoms with van der Waals surface area (Å²) >= 11 is 6.19. The minimum absolute atomic E-state index is 0.00121. The maximum Gasteiger partial charge on any atom is 0.260 e. The molecule has 2 aromatic rings. The number of nitrogens with one attached hydrogen (secondary N) is 1. The summed E-state index contributed by atoms with van der Waals surface area (Å²) < 4.78 is 16.2. The first-order chi connectivity index (χ1) is 15.8. The van der Waals surface area contributed by atoms with Crippen molar-refractivity contribution in [3.05, 3.63) is 52.0 Å². The molecule has 33 heavy (non-hydrogen) atoms. The number of benzene rings is 2. The van der Waals surface area contributed by atoms with Gasteiger partial charge in [0.05, 0.1) is 14.2 Å². The van der Waals surface area contributed by atoms with Crippen LogP contribution in [0, 0.1) is 19.8 Å². The molecule has 0 atom stereocenters. The van der Waals surface area contributed by atoms with Gasteiger partial charge in [0, 0.05) is 30.2 Å². The normalized spacial score (nSPS) is 14.0. The maximum atomic E-state index is 12.6. The van der Waals surface area contributed by atoms with Crippen LogP contribution in [0.2, 0.25) is 5.02 Å². The van der Waals surface area contributed by atoms with E-state index in [9.17, 15) is 9.59 Å². The molecule has 0 bridgehead atoms. The van der Waals surface area contributed by atoms with Gasteiger partial charge in [0.15, 0.2) is 18.1 Å². The molecule has 1 N–H and O–H groups in total. The zero-order valence-corrected chi connectivity index (χ0v) is 20.3. The van der Waals surface area contributed by atoms with Crippen LogP contribution in [0.3, 0.4) is 0 Å². The van der Waals surface area contributed by atoms with Crippen LogP contribution in [0.4, 0.5) is 0 Å². The van der Waals surface area contributed by atoms with Gasteiger partial charge in [-0.1, -0.05) is 11.6 Å². The Kier molecular flexibility index (Phi) is 8.44. The molecule has 1 fully saturated rings. The molecular formula is C25H31ClN2O5. The molecule has 0 aliphatic carbocycles. The van der Waals surface area contributed by atoms with Crippen molar-refractivity contribution < 1.29 is 23.8 Å². The Morgan fingerprint density at radius 2 is 1.67 bits per heavy atom. The zero-order chi connectivity index (χ0) is 24.0. The Hall–Kier alpha value is -2.93. The molecule has 1 heterocycles. The number of halogens is 1. The van der Waals surface area contributed by atoms with E-state index in [2.05, 4.69) is 5.32 Å². The van der Waals surface area contributed by atoms with Gasteiger partial charge in [-0.05, 0) is 74.1 Å². The highest BCUT2D eigenvalue weighted by atomic mass is 35.5. The van der Waals surface area contributed by atoms with Crippen LogP contribution in [0.25, 0.3) is 0 Å². The summed E-state index contributed by atoms with van der Waals surface area (Å²) in [7, 11) is 3.09. The molecule has 1 aliphatic heterocycles. The number of ether oxygens (including phenoxy) is 3. The van der Waals surface area contributed by atoms with Gasteiger partial charge < -0.3 is 24.4 Å². The summed E-state index contributed by atoms with van der Waals surface area (Å²) in [6.45, 7) is 5.70.